The first kappa shape index (κ1) is 9.41. The van der Waals surface area contributed by atoms with E-state index in [9.17, 15) is 0 Å². The van der Waals surface area contributed by atoms with Crippen molar-refractivity contribution in [2.24, 2.45) is 5.92 Å². The van der Waals surface area contributed by atoms with E-state index < -0.39 is 0 Å². The molecule has 0 amide bonds. The van der Waals surface area contributed by atoms with E-state index in [1.54, 1.807) is 0 Å². The number of hydrogen-bond donors (Lipinski definition) is 0. The van der Waals surface area contributed by atoms with E-state index in [0.717, 1.165) is 11.8 Å². The van der Waals surface area contributed by atoms with Gasteiger partial charge >= 0.3 is 0 Å². The van der Waals surface area contributed by atoms with Crippen LogP contribution in [0.4, 0.5) is 0 Å². The molecule has 1 heterocycles. The Morgan fingerprint density at radius 3 is 2.60 bits per heavy atom. The van der Waals surface area contributed by atoms with Crippen LogP contribution < -0.4 is 0 Å². The molecule has 1 aromatic rings. The minimum atomic E-state index is 0.796. The number of nitrogens with zero attached hydrogens (tertiary/aromatic N) is 1. The molecule has 1 saturated carbocycles. The highest BCUT2D eigenvalue weighted by atomic mass is 15.1. The normalized spacial score (nSPS) is 27.1. The van der Waals surface area contributed by atoms with Crippen LogP contribution in [0.15, 0.2) is 30.3 Å². The molecule has 1 atom stereocenters. The minimum absolute atomic E-state index is 0.796. The average Bonchev–Trinajstić information content (AvgIpc) is 2.96. The summed E-state index contributed by atoms with van der Waals surface area (Å²) in [6, 6.07) is 11.0. The smallest absolute Gasteiger partial charge is 0.00509 e. The number of likely N-dealkylation sites (tertiary alicyclic amines) is 1. The Balaban J connectivity index is 1.60. The fraction of sp³-hybridized carbons (Fsp3) is 0.571. The fourth-order valence-electron chi connectivity index (χ4n) is 2.66. The van der Waals surface area contributed by atoms with Gasteiger partial charge in [-0.15, -0.1) is 0 Å². The highest BCUT2D eigenvalue weighted by Gasteiger charge is 2.29. The molecule has 1 heteroatoms. The van der Waals surface area contributed by atoms with Gasteiger partial charge in [-0.3, -0.25) is 0 Å². The molecule has 1 nitrogen and oxygen atoms in total. The fourth-order valence-corrected chi connectivity index (χ4v) is 2.66. The first-order valence-electron chi connectivity index (χ1n) is 6.19. The molecule has 1 aromatic carbocycles. The van der Waals surface area contributed by atoms with Gasteiger partial charge in [-0.2, -0.15) is 0 Å². The molecule has 2 fully saturated rings. The molecule has 0 radical (unpaired) electrons. The minimum Gasteiger partial charge on any atom is -0.302 e. The van der Waals surface area contributed by atoms with Gasteiger partial charge in [0.2, 0.25) is 0 Å². The van der Waals surface area contributed by atoms with E-state index in [1.807, 2.05) is 0 Å². The Bertz CT molecular complexity index is 315. The predicted octanol–water partition coefficient (Wildman–Crippen LogP) is 2.89. The van der Waals surface area contributed by atoms with Crippen LogP contribution in [0.5, 0.6) is 0 Å². The van der Waals surface area contributed by atoms with Gasteiger partial charge in [0.15, 0.2) is 0 Å². The summed E-state index contributed by atoms with van der Waals surface area (Å²) in [5.74, 6) is 1.84. The number of benzene rings is 1. The second-order valence-corrected chi connectivity index (χ2v) is 5.10. The van der Waals surface area contributed by atoms with Crippen LogP contribution in [-0.2, 0) is 0 Å². The topological polar surface area (TPSA) is 3.24 Å². The van der Waals surface area contributed by atoms with Crippen molar-refractivity contribution in [1.82, 2.24) is 4.90 Å². The van der Waals surface area contributed by atoms with Crippen molar-refractivity contribution in [3.8, 4) is 0 Å². The summed E-state index contributed by atoms with van der Waals surface area (Å²) < 4.78 is 0. The largest absolute Gasteiger partial charge is 0.302 e. The molecular formula is C14H19N. The third-order valence-corrected chi connectivity index (χ3v) is 3.76. The molecule has 1 aliphatic carbocycles. The van der Waals surface area contributed by atoms with Crippen LogP contribution >= 0.6 is 0 Å². The Kier molecular flexibility index (Phi) is 2.49. The molecule has 2 aliphatic rings. The van der Waals surface area contributed by atoms with Crippen LogP contribution in [0, 0.1) is 5.92 Å². The van der Waals surface area contributed by atoms with Crippen LogP contribution in [0.3, 0.4) is 0 Å². The molecule has 15 heavy (non-hydrogen) atoms. The van der Waals surface area contributed by atoms with E-state index >= 15 is 0 Å². The zero-order chi connectivity index (χ0) is 10.1. The summed E-state index contributed by atoms with van der Waals surface area (Å²) in [6.07, 6.45) is 4.32. The Labute approximate surface area is 92.1 Å². The second-order valence-electron chi connectivity index (χ2n) is 5.10. The molecule has 80 valence electrons. The highest BCUT2D eigenvalue weighted by Crippen LogP contribution is 2.33. The zero-order valence-electron chi connectivity index (χ0n) is 9.23. The van der Waals surface area contributed by atoms with Crippen LogP contribution in [-0.4, -0.2) is 24.5 Å². The van der Waals surface area contributed by atoms with Gasteiger partial charge in [-0.1, -0.05) is 30.3 Å². The first-order valence-corrected chi connectivity index (χ1v) is 6.19. The van der Waals surface area contributed by atoms with E-state index in [-0.39, 0.29) is 0 Å². The van der Waals surface area contributed by atoms with Crippen molar-refractivity contribution >= 4 is 0 Å². The average molecular weight is 201 g/mol. The Morgan fingerprint density at radius 2 is 1.87 bits per heavy atom. The summed E-state index contributed by atoms with van der Waals surface area (Å²) in [4.78, 5) is 2.66. The molecule has 1 saturated heterocycles. The lowest BCUT2D eigenvalue weighted by Crippen LogP contribution is -2.22. The quantitative estimate of drug-likeness (QED) is 0.727. The number of rotatable bonds is 3. The summed E-state index contributed by atoms with van der Waals surface area (Å²) in [6.45, 7) is 3.97. The van der Waals surface area contributed by atoms with Gasteiger partial charge < -0.3 is 4.90 Å². The van der Waals surface area contributed by atoms with Crippen molar-refractivity contribution in [3.63, 3.8) is 0 Å². The lowest BCUT2D eigenvalue weighted by molar-refractivity contribution is 0.320. The third kappa shape index (κ3) is 2.23. The summed E-state index contributed by atoms with van der Waals surface area (Å²) in [5.41, 5.74) is 1.54. The number of hydrogen-bond acceptors (Lipinski definition) is 1. The summed E-state index contributed by atoms with van der Waals surface area (Å²) in [7, 11) is 0. The maximum Gasteiger partial charge on any atom is 0.00509 e. The molecule has 1 unspecified atom stereocenters. The van der Waals surface area contributed by atoms with Gasteiger partial charge in [-0.05, 0) is 43.2 Å². The van der Waals surface area contributed by atoms with Gasteiger partial charge in [-0.25, -0.2) is 0 Å². The Hall–Kier alpha value is -0.820. The van der Waals surface area contributed by atoms with Crippen LogP contribution in [0.25, 0.3) is 0 Å². The van der Waals surface area contributed by atoms with Crippen molar-refractivity contribution in [2.45, 2.75) is 25.2 Å². The van der Waals surface area contributed by atoms with Crippen molar-refractivity contribution < 1.29 is 0 Å². The van der Waals surface area contributed by atoms with Gasteiger partial charge in [0.05, 0.1) is 0 Å². The summed E-state index contributed by atoms with van der Waals surface area (Å²) in [5, 5.41) is 0. The monoisotopic (exact) mass is 201 g/mol. The van der Waals surface area contributed by atoms with E-state index in [2.05, 4.69) is 35.2 Å². The molecule has 0 spiro atoms. The van der Waals surface area contributed by atoms with E-state index in [4.69, 9.17) is 0 Å². The van der Waals surface area contributed by atoms with Gasteiger partial charge in [0.1, 0.15) is 0 Å². The van der Waals surface area contributed by atoms with Gasteiger partial charge in [0.25, 0.3) is 0 Å². The first-order chi connectivity index (χ1) is 7.42. The van der Waals surface area contributed by atoms with Crippen LogP contribution in [0.2, 0.25) is 0 Å². The molecule has 0 bridgehead atoms. The maximum absolute atomic E-state index is 2.66. The lowest BCUT2D eigenvalue weighted by atomic mass is 9.99. The molecule has 3 rings (SSSR count). The summed E-state index contributed by atoms with van der Waals surface area (Å²) >= 11 is 0. The van der Waals surface area contributed by atoms with Crippen LogP contribution in [0.1, 0.15) is 30.7 Å². The molecule has 1 aliphatic heterocycles. The SMILES string of the molecule is c1ccc(C2CCN(CC3CC3)C2)cc1. The van der Waals surface area contributed by atoms with Crippen molar-refractivity contribution in [3.05, 3.63) is 35.9 Å². The lowest BCUT2D eigenvalue weighted by Gasteiger charge is -2.15. The van der Waals surface area contributed by atoms with E-state index in [1.165, 1.54) is 44.5 Å². The van der Waals surface area contributed by atoms with Crippen molar-refractivity contribution in [1.29, 1.82) is 0 Å². The zero-order valence-corrected chi connectivity index (χ0v) is 9.23. The predicted molar refractivity (Wildman–Crippen MR) is 63.0 cm³/mol. The molecule has 0 N–H and O–H groups in total. The van der Waals surface area contributed by atoms with Crippen molar-refractivity contribution in [2.75, 3.05) is 19.6 Å². The van der Waals surface area contributed by atoms with E-state index in [0.29, 0.717) is 0 Å². The third-order valence-electron chi connectivity index (χ3n) is 3.76. The molecule has 0 aromatic heterocycles. The van der Waals surface area contributed by atoms with Gasteiger partial charge in [0, 0.05) is 13.1 Å². The molecular weight excluding hydrogens is 182 g/mol. The maximum atomic E-state index is 2.66. The highest BCUT2D eigenvalue weighted by molar-refractivity contribution is 5.21. The second kappa shape index (κ2) is 3.97. The Morgan fingerprint density at radius 1 is 1.07 bits per heavy atom. The standard InChI is InChI=1S/C14H19N/c1-2-4-13(5-3-1)14-8-9-15(11-14)10-12-6-7-12/h1-5,12,14H,6-11H2.